The van der Waals surface area contributed by atoms with E-state index in [-0.39, 0.29) is 6.04 Å². The average Bonchev–Trinajstić information content (AvgIpc) is 2.94. The van der Waals surface area contributed by atoms with Crippen molar-refractivity contribution in [2.75, 3.05) is 0 Å². The van der Waals surface area contributed by atoms with E-state index in [4.69, 9.17) is 5.73 Å². The van der Waals surface area contributed by atoms with Gasteiger partial charge in [0.15, 0.2) is 0 Å². The molecule has 1 unspecified atom stereocenters. The summed E-state index contributed by atoms with van der Waals surface area (Å²) in [6, 6.07) is 7.83. The van der Waals surface area contributed by atoms with Gasteiger partial charge in [-0.15, -0.1) is 0 Å². The number of nitrogens with one attached hydrogen (secondary N) is 1. The van der Waals surface area contributed by atoms with Crippen LogP contribution in [0, 0.1) is 0 Å². The molecule has 0 radical (unpaired) electrons. The van der Waals surface area contributed by atoms with E-state index in [1.807, 2.05) is 24.4 Å². The first-order valence-electron chi connectivity index (χ1n) is 5.43. The molecule has 2 aromatic heterocycles. The topological polar surface area (TPSA) is 72.5 Å². The first kappa shape index (κ1) is 10.0. The van der Waals surface area contributed by atoms with Crippen LogP contribution in [-0.2, 0) is 7.05 Å². The van der Waals surface area contributed by atoms with Crippen molar-refractivity contribution in [3.8, 4) is 0 Å². The monoisotopic (exact) mass is 227 g/mol. The first-order chi connectivity index (χ1) is 8.25. The van der Waals surface area contributed by atoms with Crippen molar-refractivity contribution in [2.45, 2.75) is 6.04 Å². The van der Waals surface area contributed by atoms with Gasteiger partial charge < -0.3 is 10.7 Å². The molecular weight excluding hydrogens is 214 g/mol. The van der Waals surface area contributed by atoms with Gasteiger partial charge in [0.25, 0.3) is 0 Å². The fourth-order valence-corrected chi connectivity index (χ4v) is 2.01. The van der Waals surface area contributed by atoms with Gasteiger partial charge in [0, 0.05) is 29.7 Å². The molecule has 17 heavy (non-hydrogen) atoms. The third-order valence-electron chi connectivity index (χ3n) is 2.89. The van der Waals surface area contributed by atoms with Gasteiger partial charge in [0.2, 0.25) is 0 Å². The Hall–Kier alpha value is -2.14. The molecule has 5 heteroatoms. The second-order valence-corrected chi connectivity index (χ2v) is 4.03. The van der Waals surface area contributed by atoms with Crippen LogP contribution in [0.5, 0.6) is 0 Å². The van der Waals surface area contributed by atoms with Crippen LogP contribution in [0.25, 0.3) is 10.9 Å². The summed E-state index contributed by atoms with van der Waals surface area (Å²) in [4.78, 5) is 4.73. The van der Waals surface area contributed by atoms with Gasteiger partial charge in [-0.2, -0.15) is 15.0 Å². The number of aryl methyl sites for hydroxylation is 1. The largest absolute Gasteiger partial charge is 0.361 e. The predicted molar refractivity (Wildman–Crippen MR) is 65.3 cm³/mol. The van der Waals surface area contributed by atoms with E-state index in [2.05, 4.69) is 21.2 Å². The quantitative estimate of drug-likeness (QED) is 0.694. The fourth-order valence-electron chi connectivity index (χ4n) is 2.01. The SMILES string of the molecule is Cn1ncc(C(N)c2c[nH]c3ccccc23)n1. The molecular formula is C12H13N5. The van der Waals surface area contributed by atoms with Gasteiger partial charge >= 0.3 is 0 Å². The lowest BCUT2D eigenvalue weighted by atomic mass is 10.0. The summed E-state index contributed by atoms with van der Waals surface area (Å²) in [6.07, 6.45) is 3.64. The molecule has 0 saturated carbocycles. The van der Waals surface area contributed by atoms with E-state index in [0.29, 0.717) is 0 Å². The van der Waals surface area contributed by atoms with Crippen LogP contribution >= 0.6 is 0 Å². The zero-order valence-electron chi connectivity index (χ0n) is 9.46. The highest BCUT2D eigenvalue weighted by Crippen LogP contribution is 2.25. The first-order valence-corrected chi connectivity index (χ1v) is 5.43. The van der Waals surface area contributed by atoms with Gasteiger partial charge in [-0.3, -0.25) is 0 Å². The Labute approximate surface area is 98.2 Å². The predicted octanol–water partition coefficient (Wildman–Crippen LogP) is 1.34. The van der Waals surface area contributed by atoms with Crippen LogP contribution in [-0.4, -0.2) is 20.0 Å². The van der Waals surface area contributed by atoms with Crippen LogP contribution in [0.15, 0.2) is 36.7 Å². The van der Waals surface area contributed by atoms with Gasteiger partial charge in [-0.25, -0.2) is 0 Å². The van der Waals surface area contributed by atoms with Crippen molar-refractivity contribution in [1.82, 2.24) is 20.0 Å². The number of benzene rings is 1. The van der Waals surface area contributed by atoms with E-state index >= 15 is 0 Å². The van der Waals surface area contributed by atoms with Crippen LogP contribution in [0.2, 0.25) is 0 Å². The molecule has 0 spiro atoms. The lowest BCUT2D eigenvalue weighted by molar-refractivity contribution is 0.638. The molecule has 86 valence electrons. The van der Waals surface area contributed by atoms with Crippen molar-refractivity contribution >= 4 is 10.9 Å². The third-order valence-corrected chi connectivity index (χ3v) is 2.89. The summed E-state index contributed by atoms with van der Waals surface area (Å²) in [7, 11) is 1.78. The number of para-hydroxylation sites is 1. The zero-order chi connectivity index (χ0) is 11.8. The summed E-state index contributed by atoms with van der Waals surface area (Å²) in [5.41, 5.74) is 9.11. The Balaban J connectivity index is 2.09. The summed E-state index contributed by atoms with van der Waals surface area (Å²) in [5.74, 6) is 0. The molecule has 3 rings (SSSR count). The van der Waals surface area contributed by atoms with Crippen LogP contribution < -0.4 is 5.73 Å². The third kappa shape index (κ3) is 1.60. The zero-order valence-corrected chi connectivity index (χ0v) is 9.46. The highest BCUT2D eigenvalue weighted by molar-refractivity contribution is 5.83. The minimum atomic E-state index is -0.250. The molecule has 3 aromatic rings. The molecule has 0 aliphatic carbocycles. The van der Waals surface area contributed by atoms with Crippen molar-refractivity contribution < 1.29 is 0 Å². The molecule has 1 atom stereocenters. The summed E-state index contributed by atoms with van der Waals surface area (Å²) in [5, 5.41) is 9.41. The Kier molecular flexibility index (Phi) is 2.19. The highest BCUT2D eigenvalue weighted by Gasteiger charge is 2.16. The maximum absolute atomic E-state index is 6.20. The van der Waals surface area contributed by atoms with E-state index in [0.717, 1.165) is 22.2 Å². The van der Waals surface area contributed by atoms with Crippen molar-refractivity contribution in [1.29, 1.82) is 0 Å². The van der Waals surface area contributed by atoms with Crippen molar-refractivity contribution in [2.24, 2.45) is 12.8 Å². The Morgan fingerprint density at radius 2 is 2.18 bits per heavy atom. The number of nitrogens with zero attached hydrogens (tertiary/aromatic N) is 3. The number of aromatic amines is 1. The number of hydrogen-bond acceptors (Lipinski definition) is 3. The molecule has 0 bridgehead atoms. The van der Waals surface area contributed by atoms with E-state index < -0.39 is 0 Å². The second-order valence-electron chi connectivity index (χ2n) is 4.03. The standard InChI is InChI=1S/C12H13N5/c1-17-15-7-11(16-17)12(13)9-6-14-10-5-3-2-4-8(9)10/h2-7,12,14H,13H2,1H3. The van der Waals surface area contributed by atoms with Crippen LogP contribution in [0.4, 0.5) is 0 Å². The molecule has 1 aromatic carbocycles. The van der Waals surface area contributed by atoms with Gasteiger partial charge in [0.1, 0.15) is 5.69 Å². The second kappa shape index (κ2) is 3.71. The van der Waals surface area contributed by atoms with Crippen molar-refractivity contribution in [3.63, 3.8) is 0 Å². The van der Waals surface area contributed by atoms with Gasteiger partial charge in [-0.05, 0) is 6.07 Å². The average molecular weight is 227 g/mol. The number of nitrogens with two attached hydrogens (primary N) is 1. The smallest absolute Gasteiger partial charge is 0.104 e. The molecule has 3 N–H and O–H groups in total. The van der Waals surface area contributed by atoms with Crippen LogP contribution in [0.1, 0.15) is 17.3 Å². The molecule has 0 amide bonds. The molecule has 2 heterocycles. The molecule has 5 nitrogen and oxygen atoms in total. The van der Waals surface area contributed by atoms with E-state index in [1.54, 1.807) is 13.2 Å². The summed E-state index contributed by atoms with van der Waals surface area (Å²) in [6.45, 7) is 0. The lowest BCUT2D eigenvalue weighted by Crippen LogP contribution is -2.12. The number of fused-ring (bicyclic) bond motifs is 1. The molecule has 0 fully saturated rings. The highest BCUT2D eigenvalue weighted by atomic mass is 15.4. The number of hydrogen-bond donors (Lipinski definition) is 2. The molecule has 0 saturated heterocycles. The van der Waals surface area contributed by atoms with Crippen LogP contribution in [0.3, 0.4) is 0 Å². The number of H-pyrrole nitrogens is 1. The van der Waals surface area contributed by atoms with E-state index in [9.17, 15) is 0 Å². The van der Waals surface area contributed by atoms with Crippen molar-refractivity contribution in [3.05, 3.63) is 47.9 Å². The number of aromatic nitrogens is 4. The Morgan fingerprint density at radius 1 is 1.35 bits per heavy atom. The van der Waals surface area contributed by atoms with Gasteiger partial charge in [-0.1, -0.05) is 18.2 Å². The lowest BCUT2D eigenvalue weighted by Gasteiger charge is -2.06. The minimum absolute atomic E-state index is 0.250. The minimum Gasteiger partial charge on any atom is -0.361 e. The van der Waals surface area contributed by atoms with Gasteiger partial charge in [0.05, 0.1) is 12.2 Å². The Bertz CT molecular complexity index is 652. The number of rotatable bonds is 2. The van der Waals surface area contributed by atoms with E-state index in [1.165, 1.54) is 4.80 Å². The maximum atomic E-state index is 6.20. The normalized spacial score (nSPS) is 13.1. The molecule has 0 aliphatic rings. The summed E-state index contributed by atoms with van der Waals surface area (Å²) >= 11 is 0. The molecule has 0 aliphatic heterocycles. The fraction of sp³-hybridized carbons (Fsp3) is 0.167. The maximum Gasteiger partial charge on any atom is 0.104 e. The Morgan fingerprint density at radius 3 is 2.94 bits per heavy atom. The summed E-state index contributed by atoms with van der Waals surface area (Å²) < 4.78 is 0.